The van der Waals surface area contributed by atoms with Gasteiger partial charge in [-0.2, -0.15) is 0 Å². The van der Waals surface area contributed by atoms with Crippen LogP contribution in [0.2, 0.25) is 0 Å². The lowest BCUT2D eigenvalue weighted by Crippen LogP contribution is -2.06. The number of anilines is 2. The Morgan fingerprint density at radius 1 is 1.33 bits per heavy atom. The molecule has 0 radical (unpaired) electrons. The van der Waals surface area contributed by atoms with Crippen LogP contribution in [0.5, 0.6) is 0 Å². The fourth-order valence-corrected chi connectivity index (χ4v) is 2.79. The van der Waals surface area contributed by atoms with Crippen LogP contribution in [-0.4, -0.2) is 21.5 Å². The SMILES string of the molecule is CNc1c(CNc2cc([N+](=O)[O-])ccc2C)cnc2c1ccn2C. The first-order chi connectivity index (χ1) is 11.5. The van der Waals surface area contributed by atoms with Gasteiger partial charge in [-0.15, -0.1) is 0 Å². The molecule has 0 aliphatic rings. The van der Waals surface area contributed by atoms with Crippen molar-refractivity contribution in [3.63, 3.8) is 0 Å². The van der Waals surface area contributed by atoms with Gasteiger partial charge in [-0.05, 0) is 18.6 Å². The van der Waals surface area contributed by atoms with Crippen molar-refractivity contribution in [2.75, 3.05) is 17.7 Å². The summed E-state index contributed by atoms with van der Waals surface area (Å²) in [5.41, 5.74) is 4.71. The number of rotatable bonds is 5. The summed E-state index contributed by atoms with van der Waals surface area (Å²) in [4.78, 5) is 15.1. The number of nitro groups is 1. The largest absolute Gasteiger partial charge is 0.387 e. The summed E-state index contributed by atoms with van der Waals surface area (Å²) in [6.45, 7) is 2.44. The maximum Gasteiger partial charge on any atom is 0.271 e. The highest BCUT2D eigenvalue weighted by Crippen LogP contribution is 2.28. The van der Waals surface area contributed by atoms with Gasteiger partial charge in [0.15, 0.2) is 0 Å². The van der Waals surface area contributed by atoms with E-state index in [1.165, 1.54) is 6.07 Å². The van der Waals surface area contributed by atoms with Crippen LogP contribution in [0.15, 0.2) is 36.7 Å². The van der Waals surface area contributed by atoms with Gasteiger partial charge >= 0.3 is 0 Å². The zero-order valence-electron chi connectivity index (χ0n) is 13.8. The highest BCUT2D eigenvalue weighted by Gasteiger charge is 2.12. The smallest absolute Gasteiger partial charge is 0.271 e. The number of hydrogen-bond acceptors (Lipinski definition) is 5. The summed E-state index contributed by atoms with van der Waals surface area (Å²) in [5, 5.41) is 18.5. The molecule has 0 spiro atoms. The second-order valence-corrected chi connectivity index (χ2v) is 5.68. The van der Waals surface area contributed by atoms with Crippen LogP contribution in [0.25, 0.3) is 11.0 Å². The molecule has 7 nitrogen and oxygen atoms in total. The summed E-state index contributed by atoms with van der Waals surface area (Å²) < 4.78 is 1.97. The lowest BCUT2D eigenvalue weighted by atomic mass is 10.1. The van der Waals surface area contributed by atoms with Gasteiger partial charge in [0.05, 0.1) is 10.6 Å². The normalized spacial score (nSPS) is 10.8. The zero-order valence-corrected chi connectivity index (χ0v) is 13.8. The Labute approximate surface area is 139 Å². The molecule has 0 saturated heterocycles. The second kappa shape index (κ2) is 6.19. The molecular weight excluding hydrogens is 306 g/mol. The van der Waals surface area contributed by atoms with Crippen LogP contribution in [0.3, 0.4) is 0 Å². The number of aromatic nitrogens is 2. The minimum absolute atomic E-state index is 0.0774. The van der Waals surface area contributed by atoms with Crippen LogP contribution in [0, 0.1) is 17.0 Å². The standard InChI is InChI=1S/C17H19N5O2/c1-11-4-5-13(22(23)24)8-15(11)19-9-12-10-20-17-14(16(12)18-2)6-7-21(17)3/h4-8,10,19H,9H2,1-3H3,(H,18,20). The third-order valence-electron chi connectivity index (χ3n) is 4.12. The molecule has 0 fully saturated rings. The van der Waals surface area contributed by atoms with Crippen LogP contribution < -0.4 is 10.6 Å². The second-order valence-electron chi connectivity index (χ2n) is 5.68. The van der Waals surface area contributed by atoms with Gasteiger partial charge in [0.2, 0.25) is 0 Å². The molecule has 0 amide bonds. The van der Waals surface area contributed by atoms with Crippen molar-refractivity contribution in [2.24, 2.45) is 7.05 Å². The summed E-state index contributed by atoms with van der Waals surface area (Å²) in [5.74, 6) is 0. The number of fused-ring (bicyclic) bond motifs is 1. The predicted octanol–water partition coefficient (Wildman–Crippen LogP) is 3.44. The molecule has 0 aliphatic heterocycles. The predicted molar refractivity (Wildman–Crippen MR) is 95.4 cm³/mol. The third-order valence-corrected chi connectivity index (χ3v) is 4.12. The van der Waals surface area contributed by atoms with Gasteiger partial charge in [-0.25, -0.2) is 4.98 Å². The highest BCUT2D eigenvalue weighted by atomic mass is 16.6. The molecule has 2 N–H and O–H groups in total. The van der Waals surface area contributed by atoms with Crippen LogP contribution in [-0.2, 0) is 13.6 Å². The summed E-state index contributed by atoms with van der Waals surface area (Å²) >= 11 is 0. The number of nitrogens with zero attached hydrogens (tertiary/aromatic N) is 3. The molecule has 124 valence electrons. The van der Waals surface area contributed by atoms with Gasteiger partial charge in [0.1, 0.15) is 5.65 Å². The van der Waals surface area contributed by atoms with Crippen molar-refractivity contribution in [3.8, 4) is 0 Å². The fourth-order valence-electron chi connectivity index (χ4n) is 2.79. The van der Waals surface area contributed by atoms with Crippen molar-refractivity contribution in [1.29, 1.82) is 0 Å². The van der Waals surface area contributed by atoms with Gasteiger partial charge in [-0.1, -0.05) is 6.07 Å². The fraction of sp³-hybridized carbons (Fsp3) is 0.235. The first-order valence-corrected chi connectivity index (χ1v) is 7.61. The highest BCUT2D eigenvalue weighted by molar-refractivity contribution is 5.91. The lowest BCUT2D eigenvalue weighted by Gasteiger charge is -2.13. The maximum atomic E-state index is 10.9. The first kappa shape index (κ1) is 15.8. The van der Waals surface area contributed by atoms with Gasteiger partial charge < -0.3 is 15.2 Å². The molecular formula is C17H19N5O2. The Balaban J connectivity index is 1.91. The van der Waals surface area contributed by atoms with Crippen molar-refractivity contribution < 1.29 is 4.92 Å². The average molecular weight is 325 g/mol. The van der Waals surface area contributed by atoms with E-state index in [-0.39, 0.29) is 10.6 Å². The van der Waals surface area contributed by atoms with Crippen molar-refractivity contribution in [2.45, 2.75) is 13.5 Å². The van der Waals surface area contributed by atoms with Gasteiger partial charge in [-0.3, -0.25) is 10.1 Å². The molecule has 0 aliphatic carbocycles. The Kier molecular flexibility index (Phi) is 4.07. The molecule has 0 unspecified atom stereocenters. The topological polar surface area (TPSA) is 85.0 Å². The van der Waals surface area contributed by atoms with E-state index in [1.54, 1.807) is 12.1 Å². The van der Waals surface area contributed by atoms with Crippen molar-refractivity contribution in [3.05, 3.63) is 57.9 Å². The molecule has 24 heavy (non-hydrogen) atoms. The van der Waals surface area contributed by atoms with Crippen LogP contribution in [0.1, 0.15) is 11.1 Å². The van der Waals surface area contributed by atoms with E-state index in [0.717, 1.165) is 33.5 Å². The Bertz CT molecular complexity index is 917. The van der Waals surface area contributed by atoms with E-state index in [4.69, 9.17) is 0 Å². The number of nitrogens with one attached hydrogen (secondary N) is 2. The molecule has 7 heteroatoms. The molecule has 1 aromatic carbocycles. The number of hydrogen-bond donors (Lipinski definition) is 2. The van der Waals surface area contributed by atoms with Gasteiger partial charge in [0, 0.05) is 61.8 Å². The monoisotopic (exact) mass is 325 g/mol. The zero-order chi connectivity index (χ0) is 17.3. The molecule has 0 bridgehead atoms. The molecule has 0 saturated carbocycles. The third kappa shape index (κ3) is 2.76. The molecule has 0 atom stereocenters. The first-order valence-electron chi connectivity index (χ1n) is 7.61. The van der Waals surface area contributed by atoms with E-state index < -0.39 is 0 Å². The van der Waals surface area contributed by atoms with E-state index in [9.17, 15) is 10.1 Å². The summed E-state index contributed by atoms with van der Waals surface area (Å²) in [6.07, 6.45) is 3.80. The Morgan fingerprint density at radius 3 is 2.83 bits per heavy atom. The van der Waals surface area contributed by atoms with Gasteiger partial charge in [0.25, 0.3) is 5.69 Å². The number of aryl methyl sites for hydroxylation is 2. The van der Waals surface area contributed by atoms with Crippen LogP contribution >= 0.6 is 0 Å². The average Bonchev–Trinajstić information content (AvgIpc) is 2.94. The number of pyridine rings is 1. The number of non-ortho nitro benzene ring substituents is 1. The molecule has 2 aromatic heterocycles. The van der Waals surface area contributed by atoms with E-state index >= 15 is 0 Å². The van der Waals surface area contributed by atoms with E-state index in [1.807, 2.05) is 44.0 Å². The van der Waals surface area contributed by atoms with Crippen LogP contribution in [0.4, 0.5) is 17.1 Å². The van der Waals surface area contributed by atoms with Crippen molar-refractivity contribution in [1.82, 2.24) is 9.55 Å². The lowest BCUT2D eigenvalue weighted by molar-refractivity contribution is -0.384. The number of benzene rings is 1. The summed E-state index contributed by atoms with van der Waals surface area (Å²) in [6, 6.07) is 6.84. The van der Waals surface area contributed by atoms with E-state index in [0.29, 0.717) is 6.54 Å². The molecule has 2 heterocycles. The van der Waals surface area contributed by atoms with Crippen molar-refractivity contribution >= 4 is 28.1 Å². The maximum absolute atomic E-state index is 10.9. The molecule has 3 aromatic rings. The Morgan fingerprint density at radius 2 is 2.12 bits per heavy atom. The minimum Gasteiger partial charge on any atom is -0.387 e. The summed E-state index contributed by atoms with van der Waals surface area (Å²) in [7, 11) is 3.84. The van der Waals surface area contributed by atoms with E-state index in [2.05, 4.69) is 15.6 Å². The Hall–Kier alpha value is -3.09. The quantitative estimate of drug-likeness (QED) is 0.554. The minimum atomic E-state index is -0.388. The number of nitro benzene ring substituents is 1. The molecule has 3 rings (SSSR count).